The van der Waals surface area contributed by atoms with Gasteiger partial charge in [-0.2, -0.15) is 9.78 Å². The molecule has 2 aromatic carbocycles. The van der Waals surface area contributed by atoms with Crippen molar-refractivity contribution in [3.63, 3.8) is 0 Å². The fourth-order valence-corrected chi connectivity index (χ4v) is 2.78. The molecule has 3 N–H and O–H groups in total. The number of hydrazone groups is 1. The predicted molar refractivity (Wildman–Crippen MR) is 106 cm³/mol. The third-order valence-corrected chi connectivity index (χ3v) is 4.09. The number of halogens is 1. The van der Waals surface area contributed by atoms with Crippen LogP contribution in [0.15, 0.2) is 64.3 Å². The van der Waals surface area contributed by atoms with Gasteiger partial charge in [-0.05, 0) is 28.0 Å². The smallest absolute Gasteiger partial charge is 0.294 e. The van der Waals surface area contributed by atoms with E-state index in [1.165, 1.54) is 10.9 Å². The molecule has 0 aliphatic heterocycles. The average molecular weight is 409 g/mol. The van der Waals surface area contributed by atoms with E-state index >= 15 is 0 Å². The number of nitrogen functional groups attached to an aromatic ring is 1. The van der Waals surface area contributed by atoms with Crippen molar-refractivity contribution < 1.29 is 9.42 Å². The van der Waals surface area contributed by atoms with E-state index in [4.69, 9.17) is 17.3 Å². The first-order valence-corrected chi connectivity index (χ1v) is 8.70. The minimum atomic E-state index is -0.566. The van der Waals surface area contributed by atoms with E-state index in [-0.39, 0.29) is 17.3 Å². The summed E-state index contributed by atoms with van der Waals surface area (Å²) in [4.78, 5) is 12.7. The zero-order valence-corrected chi connectivity index (χ0v) is 15.5. The Hall–Kier alpha value is -4.05. The monoisotopic (exact) mass is 408 g/mol. The highest BCUT2D eigenvalue weighted by atomic mass is 35.5. The Morgan fingerprint density at radius 1 is 1.17 bits per heavy atom. The Morgan fingerprint density at radius 2 is 2.00 bits per heavy atom. The van der Waals surface area contributed by atoms with Crippen LogP contribution in [0, 0.1) is 0 Å². The molecule has 0 aliphatic rings. The Bertz CT molecular complexity index is 1190. The molecule has 0 aliphatic carbocycles. The molecule has 2 heterocycles. The number of rotatable bonds is 5. The minimum Gasteiger partial charge on any atom is -0.378 e. The molecule has 0 unspecified atom stereocenters. The molecule has 29 heavy (non-hydrogen) atoms. The Balaban J connectivity index is 1.67. The van der Waals surface area contributed by atoms with Crippen molar-refractivity contribution in [1.29, 1.82) is 0 Å². The number of nitrogens with zero attached hydrogens (tertiary/aromatic N) is 6. The second-order valence-corrected chi connectivity index (χ2v) is 6.23. The van der Waals surface area contributed by atoms with E-state index in [0.717, 1.165) is 5.56 Å². The summed E-state index contributed by atoms with van der Waals surface area (Å²) in [7, 11) is 0. The number of hydrogen-bond acceptors (Lipinski definition) is 8. The SMILES string of the molecule is Nc1nonc1-n1nnc(C(=O)N/N=C/c2cccc(Cl)c2)c1-c1ccccc1. The van der Waals surface area contributed by atoms with Gasteiger partial charge in [0, 0.05) is 10.6 Å². The van der Waals surface area contributed by atoms with Crippen LogP contribution >= 0.6 is 11.6 Å². The van der Waals surface area contributed by atoms with E-state index in [0.29, 0.717) is 16.3 Å². The van der Waals surface area contributed by atoms with Crippen LogP contribution in [0.4, 0.5) is 5.82 Å². The molecule has 0 saturated heterocycles. The van der Waals surface area contributed by atoms with Gasteiger partial charge >= 0.3 is 0 Å². The van der Waals surface area contributed by atoms with E-state index in [1.807, 2.05) is 18.2 Å². The standard InChI is InChI=1S/C18H13ClN8O2/c19-13-8-4-5-11(9-13)10-21-23-18(28)14-15(12-6-2-1-3-7-12)27(26-22-14)17-16(20)24-29-25-17/h1-10H,(H2,20,24)(H,23,28)/b21-10+. The summed E-state index contributed by atoms with van der Waals surface area (Å²) >= 11 is 5.94. The Morgan fingerprint density at radius 3 is 2.72 bits per heavy atom. The van der Waals surface area contributed by atoms with Crippen LogP contribution in [0.1, 0.15) is 16.1 Å². The molecule has 0 bridgehead atoms. The number of benzene rings is 2. The van der Waals surface area contributed by atoms with E-state index in [1.54, 1.807) is 36.4 Å². The van der Waals surface area contributed by atoms with Crippen molar-refractivity contribution in [3.8, 4) is 17.1 Å². The minimum absolute atomic E-state index is 0.0121. The molecule has 144 valence electrons. The Labute approximate surface area is 168 Å². The van der Waals surface area contributed by atoms with Crippen LogP contribution in [-0.4, -0.2) is 37.4 Å². The molecule has 2 aromatic heterocycles. The predicted octanol–water partition coefficient (Wildman–Crippen LogP) is 2.32. The van der Waals surface area contributed by atoms with Crippen molar-refractivity contribution >= 4 is 29.5 Å². The van der Waals surface area contributed by atoms with Gasteiger partial charge in [0.05, 0.1) is 6.21 Å². The Kier molecular flexibility index (Phi) is 4.99. The fourth-order valence-electron chi connectivity index (χ4n) is 2.58. The zero-order valence-electron chi connectivity index (χ0n) is 14.7. The topological polar surface area (TPSA) is 137 Å². The third kappa shape index (κ3) is 3.82. The summed E-state index contributed by atoms with van der Waals surface area (Å²) in [6.45, 7) is 0. The first kappa shape index (κ1) is 18.3. The van der Waals surface area contributed by atoms with Gasteiger partial charge in [-0.3, -0.25) is 4.79 Å². The highest BCUT2D eigenvalue weighted by Gasteiger charge is 2.24. The number of anilines is 1. The van der Waals surface area contributed by atoms with Crippen molar-refractivity contribution in [3.05, 3.63) is 70.9 Å². The molecule has 4 rings (SSSR count). The normalized spacial score (nSPS) is 11.1. The first-order chi connectivity index (χ1) is 14.1. The molecular weight excluding hydrogens is 396 g/mol. The molecule has 4 aromatic rings. The molecule has 0 fully saturated rings. The largest absolute Gasteiger partial charge is 0.378 e. The molecule has 0 spiro atoms. The number of aromatic nitrogens is 5. The zero-order chi connectivity index (χ0) is 20.2. The lowest BCUT2D eigenvalue weighted by Gasteiger charge is -2.05. The summed E-state index contributed by atoms with van der Waals surface area (Å²) in [6, 6.07) is 16.1. The molecule has 11 heteroatoms. The number of amides is 1. The number of carbonyl (C=O) groups is 1. The van der Waals surface area contributed by atoms with Crippen molar-refractivity contribution in [2.45, 2.75) is 0 Å². The molecular formula is C18H13ClN8O2. The van der Waals surface area contributed by atoms with Gasteiger partial charge in [0.25, 0.3) is 5.91 Å². The van der Waals surface area contributed by atoms with Crippen LogP contribution in [0.5, 0.6) is 0 Å². The number of carbonyl (C=O) groups excluding carboxylic acids is 1. The molecule has 0 radical (unpaired) electrons. The lowest BCUT2D eigenvalue weighted by Crippen LogP contribution is -2.19. The van der Waals surface area contributed by atoms with Gasteiger partial charge in [0.1, 0.15) is 5.69 Å². The second-order valence-electron chi connectivity index (χ2n) is 5.79. The first-order valence-electron chi connectivity index (χ1n) is 8.32. The number of nitrogens with two attached hydrogens (primary N) is 1. The molecule has 0 atom stereocenters. The fraction of sp³-hybridized carbons (Fsp3) is 0. The highest BCUT2D eigenvalue weighted by Crippen LogP contribution is 2.26. The summed E-state index contributed by atoms with van der Waals surface area (Å²) in [6.07, 6.45) is 1.47. The lowest BCUT2D eigenvalue weighted by atomic mass is 10.1. The average Bonchev–Trinajstić information content (AvgIpc) is 3.34. The van der Waals surface area contributed by atoms with Crippen molar-refractivity contribution in [2.75, 3.05) is 5.73 Å². The van der Waals surface area contributed by atoms with Gasteiger partial charge in [-0.15, -0.1) is 5.10 Å². The van der Waals surface area contributed by atoms with Gasteiger partial charge in [0.2, 0.25) is 11.6 Å². The molecule has 0 saturated carbocycles. The van der Waals surface area contributed by atoms with Gasteiger partial charge in [-0.1, -0.05) is 59.3 Å². The maximum Gasteiger partial charge on any atom is 0.294 e. The van der Waals surface area contributed by atoms with Crippen LogP contribution in [0.2, 0.25) is 5.02 Å². The van der Waals surface area contributed by atoms with E-state index < -0.39 is 5.91 Å². The maximum absolute atomic E-state index is 12.7. The van der Waals surface area contributed by atoms with E-state index in [2.05, 4.69) is 35.8 Å². The van der Waals surface area contributed by atoms with Crippen LogP contribution in [0.3, 0.4) is 0 Å². The number of nitrogens with one attached hydrogen (secondary N) is 1. The second kappa shape index (κ2) is 7.90. The molecule has 1 amide bonds. The van der Waals surface area contributed by atoms with Crippen molar-refractivity contribution in [2.24, 2.45) is 5.10 Å². The third-order valence-electron chi connectivity index (χ3n) is 3.86. The van der Waals surface area contributed by atoms with Gasteiger partial charge in [-0.25, -0.2) is 10.1 Å². The van der Waals surface area contributed by atoms with E-state index in [9.17, 15) is 4.79 Å². The summed E-state index contributed by atoms with van der Waals surface area (Å²) in [5, 5.41) is 19.7. The van der Waals surface area contributed by atoms with Crippen molar-refractivity contribution in [1.82, 2.24) is 30.7 Å². The molecule has 10 nitrogen and oxygen atoms in total. The van der Waals surface area contributed by atoms with Crippen LogP contribution < -0.4 is 11.2 Å². The highest BCUT2D eigenvalue weighted by molar-refractivity contribution is 6.30. The quantitative estimate of drug-likeness (QED) is 0.381. The summed E-state index contributed by atoms with van der Waals surface area (Å²) in [5.41, 5.74) is 9.99. The van der Waals surface area contributed by atoms with Gasteiger partial charge < -0.3 is 5.73 Å². The lowest BCUT2D eigenvalue weighted by molar-refractivity contribution is 0.0950. The number of hydrogen-bond donors (Lipinski definition) is 2. The summed E-state index contributed by atoms with van der Waals surface area (Å²) < 4.78 is 5.92. The van der Waals surface area contributed by atoms with Gasteiger partial charge in [0.15, 0.2) is 5.69 Å². The van der Waals surface area contributed by atoms with Crippen LogP contribution in [0.25, 0.3) is 17.1 Å². The maximum atomic E-state index is 12.7. The summed E-state index contributed by atoms with van der Waals surface area (Å²) in [5.74, 6) is -0.431. The van der Waals surface area contributed by atoms with Crippen LogP contribution in [-0.2, 0) is 0 Å².